The fourth-order valence-corrected chi connectivity index (χ4v) is 2.78. The number of fused-ring (bicyclic) bond motifs is 1. The number of rotatable bonds is 6. The summed E-state index contributed by atoms with van der Waals surface area (Å²) in [5.74, 6) is 1.70. The first-order chi connectivity index (χ1) is 9.35. The fraction of sp³-hybridized carbons (Fsp3) is 0.733. The van der Waals surface area contributed by atoms with E-state index < -0.39 is 0 Å². The second-order valence-electron chi connectivity index (χ2n) is 5.44. The number of hydrogen-bond donors (Lipinski definition) is 2. The van der Waals surface area contributed by atoms with Gasteiger partial charge in [-0.3, -0.25) is 0 Å². The lowest BCUT2D eigenvalue weighted by atomic mass is 10.0. The van der Waals surface area contributed by atoms with Gasteiger partial charge in [0.05, 0.1) is 0 Å². The van der Waals surface area contributed by atoms with Crippen molar-refractivity contribution in [3.63, 3.8) is 0 Å². The van der Waals surface area contributed by atoms with E-state index in [1.165, 1.54) is 30.5 Å². The highest BCUT2D eigenvalue weighted by atomic mass is 15.0. The first-order valence-electron chi connectivity index (χ1n) is 7.61. The largest absolute Gasteiger partial charge is 0.369 e. The molecule has 0 saturated heterocycles. The van der Waals surface area contributed by atoms with Crippen LogP contribution in [0.4, 0.5) is 5.82 Å². The van der Waals surface area contributed by atoms with Crippen LogP contribution in [0.1, 0.15) is 50.3 Å². The molecule has 0 amide bonds. The first-order valence-corrected chi connectivity index (χ1v) is 7.61. The van der Waals surface area contributed by atoms with Gasteiger partial charge in [0.25, 0.3) is 0 Å². The van der Waals surface area contributed by atoms with Crippen molar-refractivity contribution in [1.82, 2.24) is 9.97 Å². The number of nitrogens with one attached hydrogen (secondary N) is 1. The van der Waals surface area contributed by atoms with Gasteiger partial charge in [0.15, 0.2) is 0 Å². The molecule has 1 unspecified atom stereocenters. The van der Waals surface area contributed by atoms with E-state index in [9.17, 15) is 0 Å². The lowest BCUT2D eigenvalue weighted by molar-refractivity contribution is 0.500. The summed E-state index contributed by atoms with van der Waals surface area (Å²) in [5.41, 5.74) is 8.25. The quantitative estimate of drug-likeness (QED) is 0.773. The Balaban J connectivity index is 2.03. The van der Waals surface area contributed by atoms with Crippen LogP contribution in [0.15, 0.2) is 6.33 Å². The minimum absolute atomic E-state index is 0.640. The highest BCUT2D eigenvalue weighted by Crippen LogP contribution is 2.24. The van der Waals surface area contributed by atoms with Crippen LogP contribution < -0.4 is 11.1 Å². The van der Waals surface area contributed by atoms with Crippen molar-refractivity contribution in [2.75, 3.05) is 18.4 Å². The predicted octanol–water partition coefficient (Wildman–Crippen LogP) is 2.53. The molecular formula is C15H26N4. The minimum Gasteiger partial charge on any atom is -0.369 e. The van der Waals surface area contributed by atoms with Crippen LogP contribution in [0.3, 0.4) is 0 Å². The van der Waals surface area contributed by atoms with Gasteiger partial charge in [-0.2, -0.15) is 0 Å². The highest BCUT2D eigenvalue weighted by Gasteiger charge is 2.15. The third kappa shape index (κ3) is 3.90. The van der Waals surface area contributed by atoms with E-state index in [-0.39, 0.29) is 0 Å². The number of nitrogens with zero attached hydrogens (tertiary/aromatic N) is 2. The molecule has 0 aliphatic heterocycles. The van der Waals surface area contributed by atoms with Crippen molar-refractivity contribution >= 4 is 5.82 Å². The van der Waals surface area contributed by atoms with Gasteiger partial charge in [-0.05, 0) is 44.6 Å². The van der Waals surface area contributed by atoms with Gasteiger partial charge in [0.1, 0.15) is 12.1 Å². The zero-order valence-corrected chi connectivity index (χ0v) is 12.0. The summed E-state index contributed by atoms with van der Waals surface area (Å²) in [6, 6.07) is 0. The SMILES string of the molecule is CCC(CCN)CNc1ncnc2c1CCCCC2. The molecule has 1 aromatic rings. The minimum atomic E-state index is 0.640. The molecule has 1 aliphatic carbocycles. The molecule has 19 heavy (non-hydrogen) atoms. The molecule has 0 radical (unpaired) electrons. The molecule has 0 aromatic carbocycles. The Morgan fingerprint density at radius 3 is 2.89 bits per heavy atom. The van der Waals surface area contributed by atoms with Crippen molar-refractivity contribution in [3.05, 3.63) is 17.6 Å². The molecule has 3 N–H and O–H groups in total. The maximum atomic E-state index is 5.65. The second-order valence-corrected chi connectivity index (χ2v) is 5.44. The molecule has 1 aromatic heterocycles. The lowest BCUT2D eigenvalue weighted by Crippen LogP contribution is -2.19. The predicted molar refractivity (Wildman–Crippen MR) is 79.2 cm³/mol. The van der Waals surface area contributed by atoms with E-state index in [4.69, 9.17) is 5.73 Å². The van der Waals surface area contributed by atoms with Crippen LogP contribution in [-0.2, 0) is 12.8 Å². The zero-order valence-electron chi connectivity index (χ0n) is 12.0. The summed E-state index contributed by atoms with van der Waals surface area (Å²) in [6.07, 6.45) is 9.99. The van der Waals surface area contributed by atoms with Gasteiger partial charge in [-0.25, -0.2) is 9.97 Å². The second kappa shape index (κ2) is 7.43. The number of anilines is 1. The summed E-state index contributed by atoms with van der Waals surface area (Å²) >= 11 is 0. The van der Waals surface area contributed by atoms with Gasteiger partial charge in [0, 0.05) is 17.8 Å². The van der Waals surface area contributed by atoms with E-state index in [2.05, 4.69) is 22.2 Å². The first kappa shape index (κ1) is 14.3. The smallest absolute Gasteiger partial charge is 0.132 e. The number of hydrogen-bond acceptors (Lipinski definition) is 4. The van der Waals surface area contributed by atoms with Crippen LogP contribution >= 0.6 is 0 Å². The van der Waals surface area contributed by atoms with Crippen LogP contribution in [0.2, 0.25) is 0 Å². The van der Waals surface area contributed by atoms with E-state index in [0.717, 1.165) is 44.6 Å². The third-order valence-corrected chi connectivity index (χ3v) is 4.09. The average Bonchev–Trinajstić information content (AvgIpc) is 2.69. The Hall–Kier alpha value is -1.16. The summed E-state index contributed by atoms with van der Waals surface area (Å²) in [6.45, 7) is 3.96. The molecule has 1 atom stereocenters. The van der Waals surface area contributed by atoms with Gasteiger partial charge in [0.2, 0.25) is 0 Å². The molecule has 4 nitrogen and oxygen atoms in total. The van der Waals surface area contributed by atoms with Gasteiger partial charge in [-0.15, -0.1) is 0 Å². The molecule has 0 spiro atoms. The van der Waals surface area contributed by atoms with Gasteiger partial charge >= 0.3 is 0 Å². The normalized spacial score (nSPS) is 16.5. The van der Waals surface area contributed by atoms with Crippen molar-refractivity contribution in [3.8, 4) is 0 Å². The molecule has 0 bridgehead atoms. The number of aromatic nitrogens is 2. The molecule has 0 fully saturated rings. The van der Waals surface area contributed by atoms with Crippen LogP contribution in [0.5, 0.6) is 0 Å². The summed E-state index contributed by atoms with van der Waals surface area (Å²) in [7, 11) is 0. The Labute approximate surface area is 116 Å². The van der Waals surface area contributed by atoms with Crippen molar-refractivity contribution in [2.24, 2.45) is 11.7 Å². The van der Waals surface area contributed by atoms with Gasteiger partial charge < -0.3 is 11.1 Å². The molecule has 0 saturated carbocycles. The van der Waals surface area contributed by atoms with Crippen molar-refractivity contribution < 1.29 is 0 Å². The maximum Gasteiger partial charge on any atom is 0.132 e. The summed E-state index contributed by atoms with van der Waals surface area (Å²) < 4.78 is 0. The van der Waals surface area contributed by atoms with E-state index in [1.54, 1.807) is 6.33 Å². The van der Waals surface area contributed by atoms with Crippen LogP contribution in [0, 0.1) is 5.92 Å². The third-order valence-electron chi connectivity index (χ3n) is 4.09. The van der Waals surface area contributed by atoms with Crippen LogP contribution in [0.25, 0.3) is 0 Å². The summed E-state index contributed by atoms with van der Waals surface area (Å²) in [4.78, 5) is 8.90. The molecule has 106 valence electrons. The number of nitrogens with two attached hydrogens (primary N) is 1. The Kier molecular flexibility index (Phi) is 5.58. The Bertz CT molecular complexity index is 392. The number of aryl methyl sites for hydroxylation is 1. The monoisotopic (exact) mass is 262 g/mol. The zero-order chi connectivity index (χ0) is 13.5. The molecule has 2 rings (SSSR count). The fourth-order valence-electron chi connectivity index (χ4n) is 2.78. The van der Waals surface area contributed by atoms with Crippen molar-refractivity contribution in [1.29, 1.82) is 0 Å². The molecular weight excluding hydrogens is 236 g/mol. The average molecular weight is 262 g/mol. The maximum absolute atomic E-state index is 5.65. The van der Waals surface area contributed by atoms with Crippen molar-refractivity contribution in [2.45, 2.75) is 51.9 Å². The standard InChI is InChI=1S/C15H26N4/c1-2-12(8-9-16)10-17-15-13-6-4-3-5-7-14(13)18-11-19-15/h11-12H,2-10,16H2,1H3,(H,17,18,19). The van der Waals surface area contributed by atoms with Crippen LogP contribution in [-0.4, -0.2) is 23.1 Å². The topological polar surface area (TPSA) is 63.8 Å². The summed E-state index contributed by atoms with van der Waals surface area (Å²) in [5, 5.41) is 3.53. The molecule has 1 aliphatic rings. The lowest BCUT2D eigenvalue weighted by Gasteiger charge is -2.17. The molecule has 4 heteroatoms. The van der Waals surface area contributed by atoms with Gasteiger partial charge in [-0.1, -0.05) is 19.8 Å². The Morgan fingerprint density at radius 1 is 1.26 bits per heavy atom. The van der Waals surface area contributed by atoms with E-state index in [1.807, 2.05) is 0 Å². The highest BCUT2D eigenvalue weighted by molar-refractivity contribution is 5.46. The van der Waals surface area contributed by atoms with E-state index >= 15 is 0 Å². The van der Waals surface area contributed by atoms with E-state index in [0.29, 0.717) is 5.92 Å². The molecule has 1 heterocycles. The Morgan fingerprint density at radius 2 is 2.11 bits per heavy atom.